The Labute approximate surface area is 257 Å². The molecule has 0 bridgehead atoms. The van der Waals surface area contributed by atoms with Crippen LogP contribution in [0, 0.1) is 0 Å². The summed E-state index contributed by atoms with van der Waals surface area (Å²) >= 11 is 0. The molecule has 0 radical (unpaired) electrons. The van der Waals surface area contributed by atoms with Crippen LogP contribution in [0.1, 0.15) is 0 Å². The molecule has 7 aromatic carbocycles. The Morgan fingerprint density at radius 3 is 1.70 bits per heavy atom. The summed E-state index contributed by atoms with van der Waals surface area (Å²) in [6.45, 7) is 0. The summed E-state index contributed by atoms with van der Waals surface area (Å²) < 4.78 is 6.25. The Hall–Kier alpha value is -5.86. The molecule has 0 saturated heterocycles. The van der Waals surface area contributed by atoms with E-state index in [0.717, 1.165) is 39.4 Å². The zero-order valence-electron chi connectivity index (χ0n) is 24.1. The molecule has 0 saturated carbocycles. The van der Waals surface area contributed by atoms with E-state index < -0.39 is 0 Å². The van der Waals surface area contributed by atoms with Gasteiger partial charge >= 0.3 is 0 Å². The highest BCUT2D eigenvalue weighted by molar-refractivity contribution is 5.90. The first-order valence-corrected chi connectivity index (χ1v) is 14.9. The predicted octanol–water partition coefficient (Wildman–Crippen LogP) is 12.1. The van der Waals surface area contributed by atoms with Gasteiger partial charge in [-0.25, -0.2) is 0 Å². The lowest BCUT2D eigenvalue weighted by Crippen LogP contribution is -2.10. The smallest absolute Gasteiger partial charge is 0.135 e. The molecule has 2 heteroatoms. The van der Waals surface area contributed by atoms with E-state index in [0.29, 0.717) is 0 Å². The maximum atomic E-state index is 6.25. The van der Waals surface area contributed by atoms with Crippen molar-refractivity contribution in [2.24, 2.45) is 0 Å². The first-order chi connectivity index (χ1) is 21.8. The monoisotopic (exact) mass is 563 g/mol. The molecular formula is C42H29NO. The van der Waals surface area contributed by atoms with Crippen molar-refractivity contribution in [3.8, 4) is 33.6 Å². The number of nitrogens with zero attached hydrogens (tertiary/aromatic N) is 1. The minimum Gasteiger partial charge on any atom is -0.456 e. The average molecular weight is 564 g/mol. The second kappa shape index (κ2) is 11.1. The van der Waals surface area contributed by atoms with Crippen molar-refractivity contribution in [1.29, 1.82) is 0 Å². The van der Waals surface area contributed by atoms with Crippen molar-refractivity contribution >= 4 is 38.8 Å². The lowest BCUT2D eigenvalue weighted by molar-refractivity contribution is 0.631. The zero-order chi connectivity index (χ0) is 29.3. The van der Waals surface area contributed by atoms with E-state index in [-0.39, 0.29) is 0 Å². The minimum atomic E-state index is 0.861. The molecule has 8 rings (SSSR count). The first kappa shape index (κ1) is 25.8. The summed E-state index contributed by atoms with van der Waals surface area (Å²) in [5.41, 5.74) is 10.0. The van der Waals surface area contributed by atoms with E-state index in [1.807, 2.05) is 18.2 Å². The molecule has 44 heavy (non-hydrogen) atoms. The fourth-order valence-electron chi connectivity index (χ4n) is 6.00. The third kappa shape index (κ3) is 4.93. The molecule has 1 aromatic heterocycles. The maximum absolute atomic E-state index is 6.25. The number of hydrogen-bond acceptors (Lipinski definition) is 2. The van der Waals surface area contributed by atoms with Gasteiger partial charge in [0.05, 0.1) is 0 Å². The van der Waals surface area contributed by atoms with Gasteiger partial charge in [-0.15, -0.1) is 0 Å². The molecule has 0 aliphatic heterocycles. The third-order valence-corrected chi connectivity index (χ3v) is 8.23. The summed E-state index contributed by atoms with van der Waals surface area (Å²) in [6, 6.07) is 62.2. The molecule has 1 heterocycles. The van der Waals surface area contributed by atoms with E-state index in [1.165, 1.54) is 33.0 Å². The number of para-hydroxylation sites is 1. The van der Waals surface area contributed by atoms with Gasteiger partial charge in [0.2, 0.25) is 0 Å². The van der Waals surface area contributed by atoms with Gasteiger partial charge in [0, 0.05) is 28.0 Å². The average Bonchev–Trinajstić information content (AvgIpc) is 3.54. The van der Waals surface area contributed by atoms with Crippen LogP contribution in [0.4, 0.5) is 17.1 Å². The summed E-state index contributed by atoms with van der Waals surface area (Å²) in [7, 11) is 0. The van der Waals surface area contributed by atoms with Crippen molar-refractivity contribution in [2.45, 2.75) is 0 Å². The van der Waals surface area contributed by atoms with E-state index in [4.69, 9.17) is 4.42 Å². The van der Waals surface area contributed by atoms with Crippen molar-refractivity contribution in [2.75, 3.05) is 4.90 Å². The molecule has 0 amide bonds. The highest BCUT2D eigenvalue weighted by Gasteiger charge is 2.16. The number of rotatable bonds is 6. The van der Waals surface area contributed by atoms with Crippen LogP contribution in [-0.2, 0) is 0 Å². The second-order valence-electron chi connectivity index (χ2n) is 11.1. The lowest BCUT2D eigenvalue weighted by atomic mass is 9.99. The normalized spacial score (nSPS) is 11.2. The summed E-state index contributed by atoms with van der Waals surface area (Å²) in [6.07, 6.45) is 0. The zero-order valence-corrected chi connectivity index (χ0v) is 24.1. The van der Waals surface area contributed by atoms with Gasteiger partial charge in [0.25, 0.3) is 0 Å². The molecule has 0 N–H and O–H groups in total. The first-order valence-electron chi connectivity index (χ1n) is 14.9. The van der Waals surface area contributed by atoms with Crippen LogP contribution >= 0.6 is 0 Å². The van der Waals surface area contributed by atoms with Crippen LogP contribution in [0.5, 0.6) is 0 Å². The van der Waals surface area contributed by atoms with Crippen molar-refractivity contribution in [1.82, 2.24) is 0 Å². The predicted molar refractivity (Wildman–Crippen MR) is 185 cm³/mol. The van der Waals surface area contributed by atoms with Gasteiger partial charge in [0.1, 0.15) is 11.3 Å². The van der Waals surface area contributed by atoms with Crippen LogP contribution in [-0.4, -0.2) is 0 Å². The lowest BCUT2D eigenvalue weighted by Gasteiger charge is -2.26. The van der Waals surface area contributed by atoms with Crippen LogP contribution < -0.4 is 4.90 Å². The highest BCUT2D eigenvalue weighted by Crippen LogP contribution is 2.39. The SMILES string of the molecule is c1ccc(-c2cccc(-c3ccc(N(c4cccc(-c5cc6ccccc6o5)c4)c4ccc5ccccc5c4)cc3)c2)cc1. The number of anilines is 3. The summed E-state index contributed by atoms with van der Waals surface area (Å²) in [4.78, 5) is 2.32. The Balaban J connectivity index is 1.21. The van der Waals surface area contributed by atoms with Gasteiger partial charge < -0.3 is 9.32 Å². The Kier molecular flexibility index (Phi) is 6.51. The van der Waals surface area contributed by atoms with Crippen LogP contribution in [0.25, 0.3) is 55.3 Å². The Morgan fingerprint density at radius 1 is 0.318 bits per heavy atom. The second-order valence-corrected chi connectivity index (χ2v) is 11.1. The van der Waals surface area contributed by atoms with Gasteiger partial charge in [-0.2, -0.15) is 0 Å². The molecular weight excluding hydrogens is 534 g/mol. The molecule has 0 aliphatic rings. The van der Waals surface area contributed by atoms with E-state index >= 15 is 0 Å². The fraction of sp³-hybridized carbons (Fsp3) is 0. The number of benzene rings is 7. The molecule has 8 aromatic rings. The van der Waals surface area contributed by atoms with Crippen molar-refractivity contribution in [3.63, 3.8) is 0 Å². The molecule has 0 unspecified atom stereocenters. The number of hydrogen-bond donors (Lipinski definition) is 0. The molecule has 0 atom stereocenters. The Morgan fingerprint density at radius 2 is 0.909 bits per heavy atom. The third-order valence-electron chi connectivity index (χ3n) is 8.23. The molecule has 0 spiro atoms. The number of furan rings is 1. The molecule has 208 valence electrons. The van der Waals surface area contributed by atoms with E-state index in [9.17, 15) is 0 Å². The van der Waals surface area contributed by atoms with Gasteiger partial charge in [-0.05, 0) is 87.6 Å². The largest absolute Gasteiger partial charge is 0.456 e. The Bertz CT molecular complexity index is 2190. The van der Waals surface area contributed by atoms with Gasteiger partial charge in [-0.1, -0.05) is 121 Å². The van der Waals surface area contributed by atoms with Crippen LogP contribution in [0.15, 0.2) is 180 Å². The molecule has 0 aliphatic carbocycles. The van der Waals surface area contributed by atoms with Crippen molar-refractivity contribution < 1.29 is 4.42 Å². The standard InChI is InChI=1S/C42H29NO/c1-2-10-30(11-3-1)33-15-8-16-34(26-33)32-20-23-38(24-21-32)43(40-25-22-31-12-4-5-13-35(31)27-40)39-18-9-17-36(28-39)42-29-37-14-6-7-19-41(37)44-42/h1-29H. The maximum Gasteiger partial charge on any atom is 0.135 e. The topological polar surface area (TPSA) is 16.4 Å². The molecule has 0 fully saturated rings. The van der Waals surface area contributed by atoms with Gasteiger partial charge in [-0.3, -0.25) is 0 Å². The van der Waals surface area contributed by atoms with E-state index in [2.05, 4.69) is 163 Å². The minimum absolute atomic E-state index is 0.861. The fourth-order valence-corrected chi connectivity index (χ4v) is 6.00. The summed E-state index contributed by atoms with van der Waals surface area (Å²) in [5, 5.41) is 3.53. The van der Waals surface area contributed by atoms with Gasteiger partial charge in [0.15, 0.2) is 0 Å². The van der Waals surface area contributed by atoms with Crippen LogP contribution in [0.2, 0.25) is 0 Å². The quantitative estimate of drug-likeness (QED) is 0.200. The number of fused-ring (bicyclic) bond motifs is 2. The summed E-state index contributed by atoms with van der Waals surface area (Å²) in [5.74, 6) is 0.861. The van der Waals surface area contributed by atoms with Crippen molar-refractivity contribution in [3.05, 3.63) is 176 Å². The van der Waals surface area contributed by atoms with Crippen LogP contribution in [0.3, 0.4) is 0 Å². The highest BCUT2D eigenvalue weighted by atomic mass is 16.3. The molecule has 2 nitrogen and oxygen atoms in total. The van der Waals surface area contributed by atoms with E-state index in [1.54, 1.807) is 0 Å².